The van der Waals surface area contributed by atoms with Gasteiger partial charge in [0, 0.05) is 28.7 Å². The molecule has 3 heterocycles. The number of nitrogens with zero attached hydrogens (tertiary/aromatic N) is 1. The van der Waals surface area contributed by atoms with E-state index in [0.29, 0.717) is 11.6 Å². The van der Waals surface area contributed by atoms with E-state index < -0.39 is 0 Å². The maximum atomic E-state index is 12.7. The Hall–Kier alpha value is -2.52. The van der Waals surface area contributed by atoms with E-state index in [1.165, 1.54) is 16.5 Å². The second-order valence-electron chi connectivity index (χ2n) is 6.69. The molecular formula is C21H17ClN2O. The average Bonchev–Trinajstić information content (AvgIpc) is 3.18. The predicted octanol–water partition coefficient (Wildman–Crippen LogP) is 4.28. The zero-order valence-corrected chi connectivity index (χ0v) is 14.4. The molecule has 0 bridgehead atoms. The van der Waals surface area contributed by atoms with Gasteiger partial charge < -0.3 is 9.88 Å². The summed E-state index contributed by atoms with van der Waals surface area (Å²) in [5.74, 6) is 0.147. The molecule has 0 radical (unpaired) electrons. The quantitative estimate of drug-likeness (QED) is 0.750. The van der Waals surface area contributed by atoms with Gasteiger partial charge in [-0.25, -0.2) is 0 Å². The van der Waals surface area contributed by atoms with Crippen LogP contribution in [0.25, 0.3) is 22.2 Å². The average molecular weight is 349 g/mol. The van der Waals surface area contributed by atoms with E-state index in [4.69, 9.17) is 11.6 Å². The van der Waals surface area contributed by atoms with Crippen LogP contribution in [0.15, 0.2) is 48.7 Å². The summed E-state index contributed by atoms with van der Waals surface area (Å²) in [6.45, 7) is 1.36. The first-order valence-electron chi connectivity index (χ1n) is 8.61. The van der Waals surface area contributed by atoms with Crippen molar-refractivity contribution in [2.45, 2.75) is 19.4 Å². The van der Waals surface area contributed by atoms with Crippen LogP contribution in [0.1, 0.15) is 23.1 Å². The second kappa shape index (κ2) is 5.50. The Bertz CT molecular complexity index is 1040. The number of nitrogens with one attached hydrogen (secondary N) is 1. The van der Waals surface area contributed by atoms with Crippen LogP contribution < -0.4 is 5.32 Å². The Morgan fingerprint density at radius 2 is 1.92 bits per heavy atom. The third kappa shape index (κ3) is 2.23. The van der Waals surface area contributed by atoms with E-state index in [0.717, 1.165) is 41.8 Å². The number of carbonyl (C=O) groups excluding carboxylic acids is 1. The summed E-state index contributed by atoms with van der Waals surface area (Å²) < 4.78 is 2.31. The van der Waals surface area contributed by atoms with Gasteiger partial charge in [-0.1, -0.05) is 41.9 Å². The molecule has 0 atom stereocenters. The molecule has 0 saturated heterocycles. The zero-order valence-electron chi connectivity index (χ0n) is 13.7. The lowest BCUT2D eigenvalue weighted by molar-refractivity contribution is -0.112. The summed E-state index contributed by atoms with van der Waals surface area (Å²) in [6, 6.07) is 14.1. The van der Waals surface area contributed by atoms with Crippen LogP contribution in [0, 0.1) is 0 Å². The largest absolute Gasteiger partial charge is 0.376 e. The van der Waals surface area contributed by atoms with Gasteiger partial charge in [-0.2, -0.15) is 0 Å². The first kappa shape index (κ1) is 14.8. The number of hydrogen-bond acceptors (Lipinski definition) is 2. The van der Waals surface area contributed by atoms with Gasteiger partial charge in [0.05, 0.1) is 23.3 Å². The number of benzene rings is 2. The molecule has 0 amide bonds. The molecule has 2 aliphatic rings. The molecule has 3 nitrogen and oxygen atoms in total. The first-order valence-corrected chi connectivity index (χ1v) is 8.98. The lowest BCUT2D eigenvalue weighted by Gasteiger charge is -2.14. The van der Waals surface area contributed by atoms with E-state index in [1.54, 1.807) is 0 Å². The van der Waals surface area contributed by atoms with Gasteiger partial charge >= 0.3 is 0 Å². The maximum Gasteiger partial charge on any atom is 0.184 e. The standard InChI is InChI=1S/C21H17ClN2O/c22-15-8-6-13(7-9-15)20-19(18(25)11-23-20)17-12-24-10-2-4-14-3-1-5-16(17)21(14)24/h1,3,5-9,12,23H,2,4,10-11H2. The lowest BCUT2D eigenvalue weighted by Crippen LogP contribution is -2.10. The molecular weight excluding hydrogens is 332 g/mol. The Balaban J connectivity index is 1.77. The predicted molar refractivity (Wildman–Crippen MR) is 102 cm³/mol. The molecule has 0 aliphatic carbocycles. The van der Waals surface area contributed by atoms with Gasteiger partial charge in [0.15, 0.2) is 5.78 Å². The van der Waals surface area contributed by atoms with Crippen LogP contribution in [-0.2, 0) is 17.8 Å². The summed E-state index contributed by atoms with van der Waals surface area (Å²) in [4.78, 5) is 12.7. The number of hydrogen-bond donors (Lipinski definition) is 1. The third-order valence-electron chi connectivity index (χ3n) is 5.18. The van der Waals surface area contributed by atoms with Gasteiger partial charge in [0.25, 0.3) is 0 Å². The summed E-state index contributed by atoms with van der Waals surface area (Å²) >= 11 is 6.02. The molecule has 4 heteroatoms. The van der Waals surface area contributed by atoms with E-state index in [1.807, 2.05) is 24.3 Å². The SMILES string of the molecule is O=C1CNC(c2ccc(Cl)cc2)=C1c1cn2c3c(cccc13)CCC2. The van der Waals surface area contributed by atoms with Gasteiger partial charge in [0.2, 0.25) is 0 Å². The van der Waals surface area contributed by atoms with E-state index >= 15 is 0 Å². The molecule has 0 fully saturated rings. The number of ketones is 1. The fourth-order valence-electron chi connectivity index (χ4n) is 4.09. The summed E-state index contributed by atoms with van der Waals surface area (Å²) in [7, 11) is 0. The number of para-hydroxylation sites is 1. The number of Topliss-reactive ketones (excluding diaryl/α,β-unsaturated/α-hetero) is 1. The van der Waals surface area contributed by atoms with Crippen LogP contribution >= 0.6 is 11.6 Å². The van der Waals surface area contributed by atoms with Crippen molar-refractivity contribution in [2.75, 3.05) is 6.54 Å². The maximum absolute atomic E-state index is 12.7. The van der Waals surface area contributed by atoms with Crippen molar-refractivity contribution in [1.82, 2.24) is 9.88 Å². The fourth-order valence-corrected chi connectivity index (χ4v) is 4.21. The second-order valence-corrected chi connectivity index (χ2v) is 7.12. The van der Waals surface area contributed by atoms with Crippen molar-refractivity contribution in [2.24, 2.45) is 0 Å². The van der Waals surface area contributed by atoms with Crippen molar-refractivity contribution in [3.8, 4) is 0 Å². The molecule has 5 rings (SSSR count). The summed E-state index contributed by atoms with van der Waals surface area (Å²) in [5, 5.41) is 5.16. The first-order chi connectivity index (χ1) is 12.2. The van der Waals surface area contributed by atoms with Crippen molar-refractivity contribution >= 4 is 39.6 Å². The van der Waals surface area contributed by atoms with Crippen molar-refractivity contribution in [3.05, 3.63) is 70.4 Å². The van der Waals surface area contributed by atoms with Crippen molar-refractivity contribution in [3.63, 3.8) is 0 Å². The molecule has 0 spiro atoms. The van der Waals surface area contributed by atoms with Gasteiger partial charge in [-0.05, 0) is 36.1 Å². The van der Waals surface area contributed by atoms with Crippen LogP contribution in [0.5, 0.6) is 0 Å². The minimum atomic E-state index is 0.147. The Labute approximate surface area is 150 Å². The zero-order chi connectivity index (χ0) is 17.0. The van der Waals surface area contributed by atoms with Gasteiger partial charge in [-0.15, -0.1) is 0 Å². The Kier molecular flexibility index (Phi) is 3.25. The van der Waals surface area contributed by atoms with E-state index in [-0.39, 0.29) is 5.78 Å². The number of carbonyl (C=O) groups is 1. The fraction of sp³-hybridized carbons (Fsp3) is 0.190. The number of aromatic nitrogens is 1. The number of halogens is 1. The van der Waals surface area contributed by atoms with E-state index in [2.05, 4.69) is 34.3 Å². The highest BCUT2D eigenvalue weighted by atomic mass is 35.5. The molecule has 2 aliphatic heterocycles. The molecule has 0 saturated carbocycles. The highest BCUT2D eigenvalue weighted by Gasteiger charge is 2.28. The molecule has 25 heavy (non-hydrogen) atoms. The van der Waals surface area contributed by atoms with Gasteiger partial charge in [0.1, 0.15) is 0 Å². The third-order valence-corrected chi connectivity index (χ3v) is 5.44. The molecule has 0 unspecified atom stereocenters. The monoisotopic (exact) mass is 348 g/mol. The molecule has 1 aromatic heterocycles. The molecule has 1 N–H and O–H groups in total. The smallest absolute Gasteiger partial charge is 0.184 e. The molecule has 3 aromatic rings. The lowest BCUT2D eigenvalue weighted by atomic mass is 9.96. The minimum absolute atomic E-state index is 0.147. The van der Waals surface area contributed by atoms with Gasteiger partial charge in [-0.3, -0.25) is 4.79 Å². The highest BCUT2D eigenvalue weighted by molar-refractivity contribution is 6.34. The molecule has 124 valence electrons. The minimum Gasteiger partial charge on any atom is -0.376 e. The van der Waals surface area contributed by atoms with Crippen LogP contribution in [0.4, 0.5) is 0 Å². The summed E-state index contributed by atoms with van der Waals surface area (Å²) in [5.41, 5.74) is 6.40. The van der Waals surface area contributed by atoms with Crippen LogP contribution in [0.3, 0.4) is 0 Å². The normalized spacial score (nSPS) is 16.6. The topological polar surface area (TPSA) is 34.0 Å². The van der Waals surface area contributed by atoms with Crippen LogP contribution in [-0.4, -0.2) is 16.9 Å². The van der Waals surface area contributed by atoms with Crippen molar-refractivity contribution < 1.29 is 4.79 Å². The Morgan fingerprint density at radius 3 is 2.76 bits per heavy atom. The van der Waals surface area contributed by atoms with Crippen molar-refractivity contribution in [1.29, 1.82) is 0 Å². The number of aryl methyl sites for hydroxylation is 2. The highest BCUT2D eigenvalue weighted by Crippen LogP contribution is 2.37. The van der Waals surface area contributed by atoms with Crippen LogP contribution in [0.2, 0.25) is 5.02 Å². The summed E-state index contributed by atoms with van der Waals surface area (Å²) in [6.07, 6.45) is 4.41. The number of rotatable bonds is 2. The Morgan fingerprint density at radius 1 is 1.08 bits per heavy atom. The molecule has 2 aromatic carbocycles. The van der Waals surface area contributed by atoms with E-state index in [9.17, 15) is 4.79 Å².